The summed E-state index contributed by atoms with van der Waals surface area (Å²) in [6.45, 7) is 9.02. The zero-order chi connectivity index (χ0) is 12.9. The molecule has 2 nitrogen and oxygen atoms in total. The van der Waals surface area contributed by atoms with E-state index in [1.165, 1.54) is 18.4 Å². The summed E-state index contributed by atoms with van der Waals surface area (Å²) in [6.07, 6.45) is 2.52. The van der Waals surface area contributed by atoms with E-state index in [0.29, 0.717) is 5.41 Å². The van der Waals surface area contributed by atoms with Crippen molar-refractivity contribution >= 4 is 5.69 Å². The Morgan fingerprint density at radius 1 is 1.24 bits per heavy atom. The lowest BCUT2D eigenvalue weighted by molar-refractivity contribution is 0.282. The van der Waals surface area contributed by atoms with E-state index in [4.69, 9.17) is 5.73 Å². The van der Waals surface area contributed by atoms with Crippen molar-refractivity contribution in [2.45, 2.75) is 40.2 Å². The van der Waals surface area contributed by atoms with Crippen LogP contribution in [0.15, 0.2) is 24.3 Å². The molecule has 1 aromatic carbocycles. The molecule has 0 atom stereocenters. The van der Waals surface area contributed by atoms with Gasteiger partial charge in [0.2, 0.25) is 0 Å². The van der Waals surface area contributed by atoms with Gasteiger partial charge in [0, 0.05) is 12.2 Å². The van der Waals surface area contributed by atoms with Crippen LogP contribution in [0.3, 0.4) is 0 Å². The quantitative estimate of drug-likeness (QED) is 0.790. The van der Waals surface area contributed by atoms with Gasteiger partial charge in [-0.1, -0.05) is 32.9 Å². The van der Waals surface area contributed by atoms with Crippen LogP contribution in [0.4, 0.5) is 5.69 Å². The van der Waals surface area contributed by atoms with Gasteiger partial charge in [-0.15, -0.1) is 0 Å². The molecule has 0 spiro atoms. The van der Waals surface area contributed by atoms with Crippen molar-refractivity contribution < 1.29 is 0 Å². The zero-order valence-electron chi connectivity index (χ0n) is 11.7. The minimum Gasteiger partial charge on any atom is -0.399 e. The number of nitrogens with two attached hydrogens (primary N) is 1. The molecule has 17 heavy (non-hydrogen) atoms. The smallest absolute Gasteiger partial charge is 0.0317 e. The van der Waals surface area contributed by atoms with Gasteiger partial charge < -0.3 is 10.6 Å². The molecule has 0 unspecified atom stereocenters. The first-order valence-electron chi connectivity index (χ1n) is 6.40. The first-order chi connectivity index (χ1) is 7.87. The topological polar surface area (TPSA) is 29.3 Å². The fourth-order valence-electron chi connectivity index (χ4n) is 1.96. The molecule has 2 heteroatoms. The molecular formula is C15H26N2. The SMILES string of the molecule is CN(CCCC(C)(C)C)Cc1cccc(N)c1. The fourth-order valence-corrected chi connectivity index (χ4v) is 1.96. The number of anilines is 1. The summed E-state index contributed by atoms with van der Waals surface area (Å²) in [5, 5.41) is 0. The van der Waals surface area contributed by atoms with E-state index in [0.717, 1.165) is 18.8 Å². The molecule has 96 valence electrons. The molecule has 0 aliphatic carbocycles. The molecule has 1 rings (SSSR count). The highest BCUT2D eigenvalue weighted by Gasteiger charge is 2.10. The minimum absolute atomic E-state index is 0.442. The average Bonchev–Trinajstić information content (AvgIpc) is 2.15. The number of nitrogen functional groups attached to an aromatic ring is 1. The van der Waals surface area contributed by atoms with E-state index in [1.54, 1.807) is 0 Å². The monoisotopic (exact) mass is 234 g/mol. The molecule has 0 bridgehead atoms. The van der Waals surface area contributed by atoms with Crippen molar-refractivity contribution in [3.63, 3.8) is 0 Å². The van der Waals surface area contributed by atoms with Gasteiger partial charge in [0.15, 0.2) is 0 Å². The summed E-state index contributed by atoms with van der Waals surface area (Å²) in [7, 11) is 2.17. The van der Waals surface area contributed by atoms with Crippen LogP contribution >= 0.6 is 0 Å². The number of nitrogens with zero attached hydrogens (tertiary/aromatic N) is 1. The second-order valence-corrected chi connectivity index (χ2v) is 6.15. The van der Waals surface area contributed by atoms with E-state index >= 15 is 0 Å². The van der Waals surface area contributed by atoms with Gasteiger partial charge in [-0.2, -0.15) is 0 Å². The van der Waals surface area contributed by atoms with Crippen LogP contribution < -0.4 is 5.73 Å². The molecule has 0 aliphatic heterocycles. The zero-order valence-corrected chi connectivity index (χ0v) is 11.7. The summed E-state index contributed by atoms with van der Waals surface area (Å²) in [4.78, 5) is 2.36. The van der Waals surface area contributed by atoms with E-state index in [2.05, 4.69) is 44.9 Å². The summed E-state index contributed by atoms with van der Waals surface area (Å²) in [6, 6.07) is 8.15. The highest BCUT2D eigenvalue weighted by Crippen LogP contribution is 2.20. The van der Waals surface area contributed by atoms with Crippen molar-refractivity contribution in [3.05, 3.63) is 29.8 Å². The van der Waals surface area contributed by atoms with Crippen LogP contribution in [0.2, 0.25) is 0 Å². The lowest BCUT2D eigenvalue weighted by atomic mass is 9.90. The molecular weight excluding hydrogens is 208 g/mol. The Balaban J connectivity index is 2.32. The molecule has 0 aliphatic rings. The van der Waals surface area contributed by atoms with E-state index < -0.39 is 0 Å². The maximum Gasteiger partial charge on any atom is 0.0317 e. The number of hydrogen-bond acceptors (Lipinski definition) is 2. The molecule has 0 radical (unpaired) electrons. The minimum atomic E-state index is 0.442. The molecule has 0 amide bonds. The first kappa shape index (κ1) is 14.0. The van der Waals surface area contributed by atoms with Gasteiger partial charge in [-0.25, -0.2) is 0 Å². The second kappa shape index (κ2) is 6.06. The van der Waals surface area contributed by atoms with Gasteiger partial charge in [0.05, 0.1) is 0 Å². The number of benzene rings is 1. The molecule has 0 saturated carbocycles. The van der Waals surface area contributed by atoms with Crippen LogP contribution in [0.25, 0.3) is 0 Å². The molecule has 0 heterocycles. The lowest BCUT2D eigenvalue weighted by Gasteiger charge is -2.21. The highest BCUT2D eigenvalue weighted by atomic mass is 15.1. The predicted molar refractivity (Wildman–Crippen MR) is 75.9 cm³/mol. The first-order valence-corrected chi connectivity index (χ1v) is 6.40. The van der Waals surface area contributed by atoms with Gasteiger partial charge in [0.25, 0.3) is 0 Å². The van der Waals surface area contributed by atoms with Crippen LogP contribution in [-0.4, -0.2) is 18.5 Å². The Morgan fingerprint density at radius 2 is 1.94 bits per heavy atom. The summed E-state index contributed by atoms with van der Waals surface area (Å²) in [5.74, 6) is 0. The molecule has 0 aromatic heterocycles. The molecule has 0 fully saturated rings. The Bertz CT molecular complexity index is 339. The van der Waals surface area contributed by atoms with E-state index in [-0.39, 0.29) is 0 Å². The fraction of sp³-hybridized carbons (Fsp3) is 0.600. The van der Waals surface area contributed by atoms with Crippen molar-refractivity contribution in [1.82, 2.24) is 4.90 Å². The van der Waals surface area contributed by atoms with Crippen molar-refractivity contribution in [3.8, 4) is 0 Å². The summed E-state index contributed by atoms with van der Waals surface area (Å²) in [5.41, 5.74) is 8.36. The van der Waals surface area contributed by atoms with Gasteiger partial charge >= 0.3 is 0 Å². The van der Waals surface area contributed by atoms with Crippen LogP contribution in [0.1, 0.15) is 39.2 Å². The maximum atomic E-state index is 5.77. The number of hydrogen-bond donors (Lipinski definition) is 1. The summed E-state index contributed by atoms with van der Waals surface area (Å²) >= 11 is 0. The van der Waals surface area contributed by atoms with Crippen molar-refractivity contribution in [2.24, 2.45) is 5.41 Å². The summed E-state index contributed by atoms with van der Waals surface area (Å²) < 4.78 is 0. The van der Waals surface area contributed by atoms with Crippen molar-refractivity contribution in [1.29, 1.82) is 0 Å². The normalized spacial score (nSPS) is 12.1. The average molecular weight is 234 g/mol. The third kappa shape index (κ3) is 6.32. The van der Waals surface area contributed by atoms with Crippen LogP contribution in [0, 0.1) is 5.41 Å². The van der Waals surface area contributed by atoms with Crippen LogP contribution in [0.5, 0.6) is 0 Å². The third-order valence-electron chi connectivity index (χ3n) is 2.87. The van der Waals surface area contributed by atoms with E-state index in [9.17, 15) is 0 Å². The highest BCUT2D eigenvalue weighted by molar-refractivity contribution is 5.40. The van der Waals surface area contributed by atoms with Gasteiger partial charge in [-0.05, 0) is 49.5 Å². The Hall–Kier alpha value is -1.02. The molecule has 0 saturated heterocycles. The second-order valence-electron chi connectivity index (χ2n) is 6.15. The predicted octanol–water partition coefficient (Wildman–Crippen LogP) is 3.53. The standard InChI is InChI=1S/C15H26N2/c1-15(2,3)9-6-10-17(4)12-13-7-5-8-14(16)11-13/h5,7-8,11H,6,9-10,12,16H2,1-4H3. The maximum absolute atomic E-state index is 5.77. The number of rotatable bonds is 5. The molecule has 2 N–H and O–H groups in total. The molecule has 1 aromatic rings. The Morgan fingerprint density at radius 3 is 2.53 bits per heavy atom. The van der Waals surface area contributed by atoms with Crippen LogP contribution in [-0.2, 0) is 6.54 Å². The Kier molecular flexibility index (Phi) is 5.01. The van der Waals surface area contributed by atoms with Gasteiger partial charge in [-0.3, -0.25) is 0 Å². The van der Waals surface area contributed by atoms with Gasteiger partial charge in [0.1, 0.15) is 0 Å². The Labute approximate surface area is 106 Å². The lowest BCUT2D eigenvalue weighted by Crippen LogP contribution is -2.20. The largest absolute Gasteiger partial charge is 0.399 e. The third-order valence-corrected chi connectivity index (χ3v) is 2.87. The van der Waals surface area contributed by atoms with E-state index in [1.807, 2.05) is 12.1 Å². The van der Waals surface area contributed by atoms with Crippen molar-refractivity contribution in [2.75, 3.05) is 19.3 Å².